The van der Waals surface area contributed by atoms with Crippen LogP contribution in [0.3, 0.4) is 0 Å². The van der Waals surface area contributed by atoms with Crippen LogP contribution in [0.1, 0.15) is 26.0 Å². The highest BCUT2D eigenvalue weighted by Gasteiger charge is 2.42. The van der Waals surface area contributed by atoms with E-state index >= 15 is 0 Å². The van der Waals surface area contributed by atoms with E-state index in [1.54, 1.807) is 10.9 Å². The van der Waals surface area contributed by atoms with E-state index in [0.717, 1.165) is 12.8 Å². The van der Waals surface area contributed by atoms with Gasteiger partial charge in [0.1, 0.15) is 5.52 Å². The van der Waals surface area contributed by atoms with Gasteiger partial charge in [-0.2, -0.15) is 12.6 Å². The summed E-state index contributed by atoms with van der Waals surface area (Å²) >= 11 is 6.50. The molecule has 0 unspecified atom stereocenters. The van der Waals surface area contributed by atoms with E-state index in [1.165, 1.54) is 0 Å². The highest BCUT2D eigenvalue weighted by atomic mass is 127. The Labute approximate surface area is 140 Å². The zero-order valence-corrected chi connectivity index (χ0v) is 14.4. The largest absolute Gasteiger partial charge is 0.389 e. The lowest BCUT2D eigenvalue weighted by molar-refractivity contribution is -0.0207. The van der Waals surface area contributed by atoms with E-state index in [1.807, 2.05) is 22.6 Å². The number of ether oxygens (including phenoxy) is 1. The van der Waals surface area contributed by atoms with Gasteiger partial charge < -0.3 is 15.6 Å². The molecule has 0 radical (unpaired) electrons. The van der Waals surface area contributed by atoms with E-state index < -0.39 is 12.3 Å². The van der Waals surface area contributed by atoms with Crippen LogP contribution in [0.25, 0.3) is 11.2 Å². The fraction of sp³-hybridized carbons (Fsp3) is 0.583. The highest BCUT2D eigenvalue weighted by molar-refractivity contribution is 14.1. The molecule has 4 atom stereocenters. The van der Waals surface area contributed by atoms with Gasteiger partial charge in [0, 0.05) is 22.6 Å². The molecule has 0 aliphatic carbocycles. The first kappa shape index (κ1) is 15.3. The number of rotatable bonds is 3. The number of aliphatic hydroxyl groups excluding tert-OH is 1. The van der Waals surface area contributed by atoms with Crippen LogP contribution in [-0.2, 0) is 4.74 Å². The van der Waals surface area contributed by atoms with Crippen molar-refractivity contribution in [3.8, 4) is 0 Å². The lowest BCUT2D eigenvalue weighted by Gasteiger charge is -2.16. The van der Waals surface area contributed by atoms with Crippen molar-refractivity contribution in [2.45, 2.75) is 43.5 Å². The Hall–Kier alpha value is -0.650. The molecule has 2 aromatic heterocycles. The second-order valence-corrected chi connectivity index (χ2v) is 6.60. The normalized spacial score (nSPS) is 29.3. The maximum absolute atomic E-state index is 10.2. The molecule has 3 N–H and O–H groups in total. The van der Waals surface area contributed by atoms with Crippen molar-refractivity contribution in [2.75, 3.05) is 5.73 Å². The number of nitrogens with zero attached hydrogens (tertiary/aromatic N) is 4. The third-order valence-electron chi connectivity index (χ3n) is 3.61. The number of imidazole rings is 1. The Morgan fingerprint density at radius 3 is 3.00 bits per heavy atom. The van der Waals surface area contributed by atoms with E-state index in [4.69, 9.17) is 10.5 Å². The average Bonchev–Trinajstić information content (AvgIpc) is 2.96. The highest BCUT2D eigenvalue weighted by Crippen LogP contribution is 2.36. The van der Waals surface area contributed by atoms with Crippen molar-refractivity contribution in [3.05, 3.63) is 10.2 Å². The standard InChI is InChI=1S/C12H16IN5O2S/c1-2-3-5-7(19)8(21)11(20-5)18-4-15-6-9(14)16-12(13)17-10(6)18/h4-5,7-8,11,19,21H,2-3H2,1H3,(H2,14,16,17)/t5-,7-,8-,11-/m1/s1. The number of fused-ring (bicyclic) bond motifs is 1. The minimum absolute atomic E-state index is 0.224. The van der Waals surface area contributed by atoms with Gasteiger partial charge in [-0.3, -0.25) is 4.57 Å². The van der Waals surface area contributed by atoms with Crippen LogP contribution in [0, 0.1) is 3.83 Å². The number of anilines is 1. The van der Waals surface area contributed by atoms with Gasteiger partial charge in [-0.05, 0) is 6.42 Å². The molecule has 1 aliphatic heterocycles. The number of aliphatic hydroxyl groups is 1. The van der Waals surface area contributed by atoms with Crippen molar-refractivity contribution < 1.29 is 9.84 Å². The Morgan fingerprint density at radius 1 is 1.52 bits per heavy atom. The van der Waals surface area contributed by atoms with Crippen molar-refractivity contribution in [2.24, 2.45) is 0 Å². The summed E-state index contributed by atoms with van der Waals surface area (Å²) in [6.07, 6.45) is 2.07. The molecule has 3 heterocycles. The van der Waals surface area contributed by atoms with Crippen LogP contribution < -0.4 is 5.73 Å². The van der Waals surface area contributed by atoms with Crippen molar-refractivity contribution in [1.82, 2.24) is 19.5 Å². The Kier molecular flexibility index (Phi) is 4.26. The third kappa shape index (κ3) is 2.60. The molecule has 1 aliphatic rings. The van der Waals surface area contributed by atoms with Crippen LogP contribution in [0.15, 0.2) is 6.33 Å². The smallest absolute Gasteiger partial charge is 0.194 e. The summed E-state index contributed by atoms with van der Waals surface area (Å²) in [6.45, 7) is 2.06. The number of thiol groups is 1. The third-order valence-corrected chi connectivity index (χ3v) is 4.65. The molecule has 3 rings (SSSR count). The topological polar surface area (TPSA) is 99.1 Å². The SMILES string of the molecule is CCC[C@H]1O[C@@H](n2cnc3c(N)nc(I)nc32)[C@H](S)[C@@H]1O. The minimum atomic E-state index is -0.617. The number of hydrogen-bond acceptors (Lipinski definition) is 7. The molecule has 0 bridgehead atoms. The lowest BCUT2D eigenvalue weighted by atomic mass is 10.1. The molecule has 0 aromatic carbocycles. The fourth-order valence-electron chi connectivity index (χ4n) is 2.58. The van der Waals surface area contributed by atoms with Crippen LogP contribution in [0.2, 0.25) is 0 Å². The Balaban J connectivity index is 2.01. The number of nitrogens with two attached hydrogens (primary N) is 1. The number of hydrogen-bond donors (Lipinski definition) is 3. The number of nitrogen functional groups attached to an aromatic ring is 1. The van der Waals surface area contributed by atoms with Gasteiger partial charge in [-0.25, -0.2) is 15.0 Å². The summed E-state index contributed by atoms with van der Waals surface area (Å²) in [5.41, 5.74) is 7.00. The van der Waals surface area contributed by atoms with E-state index in [9.17, 15) is 5.11 Å². The molecule has 0 saturated carbocycles. The summed E-state index contributed by atoms with van der Waals surface area (Å²) in [4.78, 5) is 12.7. The molecular formula is C12H16IN5O2S. The molecular weight excluding hydrogens is 405 g/mol. The van der Waals surface area contributed by atoms with Crippen molar-refractivity contribution in [3.63, 3.8) is 0 Å². The van der Waals surface area contributed by atoms with Gasteiger partial charge >= 0.3 is 0 Å². The average molecular weight is 421 g/mol. The van der Waals surface area contributed by atoms with Crippen LogP contribution in [0.4, 0.5) is 5.82 Å². The molecule has 2 aromatic rings. The first-order valence-corrected chi connectivity index (χ1v) is 8.29. The summed E-state index contributed by atoms with van der Waals surface area (Å²) < 4.78 is 8.26. The molecule has 0 amide bonds. The predicted octanol–water partition coefficient (Wildman–Crippen LogP) is 1.37. The maximum Gasteiger partial charge on any atom is 0.194 e. The van der Waals surface area contributed by atoms with Crippen LogP contribution in [-0.4, -0.2) is 42.1 Å². The quantitative estimate of drug-likeness (QED) is 0.394. The molecule has 21 heavy (non-hydrogen) atoms. The molecule has 9 heteroatoms. The van der Waals surface area contributed by atoms with Gasteiger partial charge in [0.15, 0.2) is 21.5 Å². The molecule has 1 saturated heterocycles. The molecule has 7 nitrogen and oxygen atoms in total. The Bertz CT molecular complexity index is 666. The van der Waals surface area contributed by atoms with Gasteiger partial charge in [0.2, 0.25) is 0 Å². The molecule has 0 spiro atoms. The minimum Gasteiger partial charge on any atom is -0.389 e. The fourth-order valence-corrected chi connectivity index (χ4v) is 3.47. The number of halogens is 1. The van der Waals surface area contributed by atoms with E-state index in [2.05, 4.69) is 34.5 Å². The zero-order valence-electron chi connectivity index (χ0n) is 11.3. The summed E-state index contributed by atoms with van der Waals surface area (Å²) in [6, 6.07) is 0. The van der Waals surface area contributed by atoms with E-state index in [0.29, 0.717) is 20.8 Å². The van der Waals surface area contributed by atoms with Gasteiger partial charge in [-0.1, -0.05) is 13.3 Å². The molecule has 114 valence electrons. The van der Waals surface area contributed by atoms with Gasteiger partial charge in [0.25, 0.3) is 0 Å². The lowest BCUT2D eigenvalue weighted by Crippen LogP contribution is -2.27. The van der Waals surface area contributed by atoms with Crippen molar-refractivity contribution in [1.29, 1.82) is 0 Å². The Morgan fingerprint density at radius 2 is 2.29 bits per heavy atom. The second kappa shape index (κ2) is 5.86. The first-order valence-electron chi connectivity index (χ1n) is 6.70. The molecule has 1 fully saturated rings. The predicted molar refractivity (Wildman–Crippen MR) is 90.1 cm³/mol. The summed E-state index contributed by atoms with van der Waals surface area (Å²) in [5, 5.41) is 9.91. The van der Waals surface area contributed by atoms with Crippen molar-refractivity contribution >= 4 is 52.2 Å². The van der Waals surface area contributed by atoms with Gasteiger partial charge in [0.05, 0.1) is 23.8 Å². The van der Waals surface area contributed by atoms with Crippen LogP contribution in [0.5, 0.6) is 0 Å². The van der Waals surface area contributed by atoms with Gasteiger partial charge in [-0.15, -0.1) is 0 Å². The van der Waals surface area contributed by atoms with E-state index in [-0.39, 0.29) is 11.4 Å². The summed E-state index contributed by atoms with van der Waals surface area (Å²) in [5.74, 6) is 0.336. The second-order valence-electron chi connectivity index (χ2n) is 5.04. The monoisotopic (exact) mass is 421 g/mol. The number of aromatic nitrogens is 4. The van der Waals surface area contributed by atoms with Crippen LogP contribution >= 0.6 is 35.2 Å². The zero-order chi connectivity index (χ0) is 15.1. The maximum atomic E-state index is 10.2. The summed E-state index contributed by atoms with van der Waals surface area (Å²) in [7, 11) is 0. The first-order chi connectivity index (χ1) is 10.0.